The zero-order valence-electron chi connectivity index (χ0n) is 14.9. The molecule has 3 aromatic rings. The maximum atomic E-state index is 12.6. The number of fused-ring (bicyclic) bond motifs is 1. The standard InChI is InChI=1S/C21H22ClN3O/c1-15-3-2-4-20-19(15)14-25(23-20)13-16-9-11-24(12-10-16)21(26)17-5-7-18(22)8-6-17/h2-8,14,16H,9-13H2,1H3. The number of halogens is 1. The Balaban J connectivity index is 1.37. The van der Waals surface area contributed by atoms with E-state index in [0.29, 0.717) is 16.5 Å². The van der Waals surface area contributed by atoms with Gasteiger partial charge in [0.25, 0.3) is 5.91 Å². The Morgan fingerprint density at radius 3 is 2.58 bits per heavy atom. The molecule has 1 amide bonds. The quantitative estimate of drug-likeness (QED) is 0.681. The van der Waals surface area contributed by atoms with Gasteiger partial charge in [-0.2, -0.15) is 5.10 Å². The van der Waals surface area contributed by atoms with Crippen LogP contribution in [0.4, 0.5) is 0 Å². The lowest BCUT2D eigenvalue weighted by Crippen LogP contribution is -2.39. The van der Waals surface area contributed by atoms with Crippen molar-refractivity contribution in [2.24, 2.45) is 5.92 Å². The number of hydrogen-bond donors (Lipinski definition) is 0. The fourth-order valence-electron chi connectivity index (χ4n) is 3.69. The van der Waals surface area contributed by atoms with Gasteiger partial charge in [-0.3, -0.25) is 9.48 Å². The molecule has 2 aromatic carbocycles. The van der Waals surface area contributed by atoms with Crippen LogP contribution in [0.2, 0.25) is 5.02 Å². The summed E-state index contributed by atoms with van der Waals surface area (Å²) in [5, 5.41) is 6.58. The molecule has 1 aliphatic rings. The van der Waals surface area contributed by atoms with Gasteiger partial charge < -0.3 is 4.90 Å². The summed E-state index contributed by atoms with van der Waals surface area (Å²) in [6.07, 6.45) is 4.17. The highest BCUT2D eigenvalue weighted by atomic mass is 35.5. The van der Waals surface area contributed by atoms with E-state index in [1.54, 1.807) is 24.3 Å². The molecule has 4 rings (SSSR count). The minimum atomic E-state index is 0.0977. The smallest absolute Gasteiger partial charge is 0.253 e. The fraction of sp³-hybridized carbons (Fsp3) is 0.333. The first-order valence-corrected chi connectivity index (χ1v) is 9.45. The van der Waals surface area contributed by atoms with Crippen LogP contribution < -0.4 is 0 Å². The SMILES string of the molecule is Cc1cccc2nn(CC3CCN(C(=O)c4ccc(Cl)cc4)CC3)cc12. The molecule has 4 nitrogen and oxygen atoms in total. The average molecular weight is 368 g/mol. The Kier molecular flexibility index (Phi) is 4.68. The zero-order chi connectivity index (χ0) is 18.1. The van der Waals surface area contributed by atoms with Gasteiger partial charge in [-0.1, -0.05) is 23.7 Å². The van der Waals surface area contributed by atoms with E-state index in [-0.39, 0.29) is 5.91 Å². The number of carbonyl (C=O) groups is 1. The van der Waals surface area contributed by atoms with E-state index in [9.17, 15) is 4.79 Å². The van der Waals surface area contributed by atoms with Crippen LogP contribution in [0.25, 0.3) is 10.9 Å². The number of rotatable bonds is 3. The minimum Gasteiger partial charge on any atom is -0.339 e. The summed E-state index contributed by atoms with van der Waals surface area (Å²) in [7, 11) is 0. The van der Waals surface area contributed by atoms with Gasteiger partial charge >= 0.3 is 0 Å². The molecule has 5 heteroatoms. The Labute approximate surface area is 158 Å². The summed E-state index contributed by atoms with van der Waals surface area (Å²) in [6.45, 7) is 4.63. The molecular formula is C21H22ClN3O. The van der Waals surface area contributed by atoms with Gasteiger partial charge in [0.05, 0.1) is 5.52 Å². The van der Waals surface area contributed by atoms with Crippen molar-refractivity contribution in [1.82, 2.24) is 14.7 Å². The number of hydrogen-bond acceptors (Lipinski definition) is 2. The molecule has 1 saturated heterocycles. The molecule has 1 fully saturated rings. The third-order valence-electron chi connectivity index (χ3n) is 5.25. The van der Waals surface area contributed by atoms with Crippen molar-refractivity contribution >= 4 is 28.4 Å². The van der Waals surface area contributed by atoms with E-state index in [2.05, 4.69) is 36.0 Å². The predicted molar refractivity (Wildman–Crippen MR) is 105 cm³/mol. The van der Waals surface area contributed by atoms with Crippen LogP contribution in [0.5, 0.6) is 0 Å². The van der Waals surface area contributed by atoms with E-state index in [1.165, 1.54) is 10.9 Å². The van der Waals surface area contributed by atoms with Crippen molar-refractivity contribution in [1.29, 1.82) is 0 Å². The monoisotopic (exact) mass is 367 g/mol. The highest BCUT2D eigenvalue weighted by Crippen LogP contribution is 2.23. The van der Waals surface area contributed by atoms with Crippen LogP contribution in [0.3, 0.4) is 0 Å². The van der Waals surface area contributed by atoms with Crippen LogP contribution in [-0.2, 0) is 6.54 Å². The first kappa shape index (κ1) is 17.1. The van der Waals surface area contributed by atoms with E-state index in [1.807, 2.05) is 4.90 Å². The highest BCUT2D eigenvalue weighted by Gasteiger charge is 2.24. The van der Waals surface area contributed by atoms with Gasteiger partial charge in [-0.05, 0) is 61.6 Å². The minimum absolute atomic E-state index is 0.0977. The number of likely N-dealkylation sites (tertiary alicyclic amines) is 1. The lowest BCUT2D eigenvalue weighted by atomic mass is 9.96. The summed E-state index contributed by atoms with van der Waals surface area (Å²) >= 11 is 5.90. The second kappa shape index (κ2) is 7.12. The average Bonchev–Trinajstić information content (AvgIpc) is 3.06. The molecule has 2 heterocycles. The summed E-state index contributed by atoms with van der Waals surface area (Å²) in [5.41, 5.74) is 3.03. The third-order valence-corrected chi connectivity index (χ3v) is 5.51. The van der Waals surface area contributed by atoms with Crippen molar-refractivity contribution in [3.05, 3.63) is 64.8 Å². The second-order valence-corrected chi connectivity index (χ2v) is 7.54. The number of piperidine rings is 1. The maximum Gasteiger partial charge on any atom is 0.253 e. The normalized spacial score (nSPS) is 15.5. The molecule has 0 atom stereocenters. The van der Waals surface area contributed by atoms with Crippen molar-refractivity contribution in [3.63, 3.8) is 0 Å². The summed E-state index contributed by atoms with van der Waals surface area (Å²) in [5.74, 6) is 0.652. The number of nitrogens with zero attached hydrogens (tertiary/aromatic N) is 3. The van der Waals surface area contributed by atoms with Crippen LogP contribution in [0.1, 0.15) is 28.8 Å². The molecular weight excluding hydrogens is 346 g/mol. The first-order chi connectivity index (χ1) is 12.6. The number of amides is 1. The number of aromatic nitrogens is 2. The highest BCUT2D eigenvalue weighted by molar-refractivity contribution is 6.30. The molecule has 0 N–H and O–H groups in total. The van der Waals surface area contributed by atoms with Gasteiger partial charge in [0.15, 0.2) is 0 Å². The second-order valence-electron chi connectivity index (χ2n) is 7.10. The molecule has 0 bridgehead atoms. The maximum absolute atomic E-state index is 12.6. The molecule has 0 aliphatic carbocycles. The van der Waals surface area contributed by atoms with Crippen molar-refractivity contribution in [2.75, 3.05) is 13.1 Å². The fourth-order valence-corrected chi connectivity index (χ4v) is 3.81. The van der Waals surface area contributed by atoms with Crippen molar-refractivity contribution in [3.8, 4) is 0 Å². The first-order valence-electron chi connectivity index (χ1n) is 9.08. The molecule has 0 saturated carbocycles. The summed E-state index contributed by atoms with van der Waals surface area (Å²) in [6, 6.07) is 13.4. The Bertz CT molecular complexity index is 924. The number of aryl methyl sites for hydroxylation is 1. The van der Waals surface area contributed by atoms with Gasteiger partial charge in [-0.25, -0.2) is 0 Å². The predicted octanol–water partition coefficient (Wildman–Crippen LogP) is 4.55. The Hall–Kier alpha value is -2.33. The van der Waals surface area contributed by atoms with Gasteiger partial charge in [0.2, 0.25) is 0 Å². The molecule has 0 unspecified atom stereocenters. The Morgan fingerprint density at radius 2 is 1.88 bits per heavy atom. The van der Waals surface area contributed by atoms with Crippen LogP contribution in [0, 0.1) is 12.8 Å². The van der Waals surface area contributed by atoms with Crippen LogP contribution in [0.15, 0.2) is 48.7 Å². The van der Waals surface area contributed by atoms with Gasteiger partial charge in [0.1, 0.15) is 0 Å². The third kappa shape index (κ3) is 3.47. The van der Waals surface area contributed by atoms with Gasteiger partial charge in [-0.15, -0.1) is 0 Å². The molecule has 26 heavy (non-hydrogen) atoms. The van der Waals surface area contributed by atoms with Gasteiger partial charge in [0, 0.05) is 41.8 Å². The van der Waals surface area contributed by atoms with E-state index < -0.39 is 0 Å². The molecule has 134 valence electrons. The number of carbonyl (C=O) groups excluding carboxylic acids is 1. The van der Waals surface area contributed by atoms with E-state index in [0.717, 1.165) is 38.0 Å². The summed E-state index contributed by atoms with van der Waals surface area (Å²) < 4.78 is 2.07. The Morgan fingerprint density at radius 1 is 1.15 bits per heavy atom. The largest absolute Gasteiger partial charge is 0.339 e. The van der Waals surface area contributed by atoms with Crippen molar-refractivity contribution in [2.45, 2.75) is 26.3 Å². The summed E-state index contributed by atoms with van der Waals surface area (Å²) in [4.78, 5) is 14.5. The zero-order valence-corrected chi connectivity index (χ0v) is 15.6. The van der Waals surface area contributed by atoms with E-state index >= 15 is 0 Å². The lowest BCUT2D eigenvalue weighted by Gasteiger charge is -2.32. The molecule has 0 spiro atoms. The molecule has 1 aliphatic heterocycles. The molecule has 0 radical (unpaired) electrons. The van der Waals surface area contributed by atoms with Crippen LogP contribution >= 0.6 is 11.6 Å². The van der Waals surface area contributed by atoms with E-state index in [4.69, 9.17) is 16.7 Å². The van der Waals surface area contributed by atoms with Crippen molar-refractivity contribution < 1.29 is 4.79 Å². The topological polar surface area (TPSA) is 38.1 Å². The molecule has 1 aromatic heterocycles. The number of benzene rings is 2. The van der Waals surface area contributed by atoms with Crippen LogP contribution in [-0.4, -0.2) is 33.7 Å². The lowest BCUT2D eigenvalue weighted by molar-refractivity contribution is 0.0681.